The van der Waals surface area contributed by atoms with Gasteiger partial charge >= 0.3 is 12.1 Å². The molecule has 33 heavy (non-hydrogen) atoms. The van der Waals surface area contributed by atoms with E-state index in [4.69, 9.17) is 4.74 Å². The minimum absolute atomic E-state index is 0.0791. The van der Waals surface area contributed by atoms with Crippen LogP contribution in [0.1, 0.15) is 43.2 Å². The largest absolute Gasteiger partial charge is 0.480 e. The number of carboxylic acids is 1. The predicted octanol–water partition coefficient (Wildman–Crippen LogP) is 4.02. The molecular weight excluding hydrogens is 440 g/mol. The van der Waals surface area contributed by atoms with E-state index in [0.717, 1.165) is 22.3 Å². The summed E-state index contributed by atoms with van der Waals surface area (Å²) in [6.45, 7) is 2.04. The summed E-state index contributed by atoms with van der Waals surface area (Å²) in [4.78, 5) is 36.7. The molecule has 1 aliphatic carbocycles. The van der Waals surface area contributed by atoms with Crippen LogP contribution in [0, 0.1) is 0 Å². The minimum Gasteiger partial charge on any atom is -0.480 e. The highest BCUT2D eigenvalue weighted by atomic mass is 32.2. The molecule has 2 aromatic carbocycles. The van der Waals surface area contributed by atoms with Crippen molar-refractivity contribution in [3.8, 4) is 11.1 Å². The number of hydrogen-bond acceptors (Lipinski definition) is 5. The van der Waals surface area contributed by atoms with Crippen molar-refractivity contribution in [2.24, 2.45) is 0 Å². The average Bonchev–Trinajstić information content (AvgIpc) is 3.13. The molecule has 3 N–H and O–H groups in total. The first-order valence-corrected chi connectivity index (χ1v) is 12.5. The molecule has 1 aliphatic rings. The Hall–Kier alpha value is -3.00. The summed E-state index contributed by atoms with van der Waals surface area (Å²) in [5.41, 5.74) is 4.48. The van der Waals surface area contributed by atoms with E-state index in [1.807, 2.05) is 49.6 Å². The van der Waals surface area contributed by atoms with Crippen LogP contribution in [0.2, 0.25) is 0 Å². The van der Waals surface area contributed by atoms with E-state index in [2.05, 4.69) is 22.8 Å². The molecule has 0 unspecified atom stereocenters. The van der Waals surface area contributed by atoms with E-state index >= 15 is 0 Å². The van der Waals surface area contributed by atoms with Gasteiger partial charge in [0, 0.05) is 5.92 Å². The monoisotopic (exact) mass is 470 g/mol. The zero-order valence-corrected chi connectivity index (χ0v) is 19.7. The molecule has 0 saturated heterocycles. The third kappa shape index (κ3) is 6.07. The van der Waals surface area contributed by atoms with E-state index < -0.39 is 30.1 Å². The molecule has 0 saturated carbocycles. The quantitative estimate of drug-likeness (QED) is 0.458. The van der Waals surface area contributed by atoms with Crippen LogP contribution < -0.4 is 10.6 Å². The van der Waals surface area contributed by atoms with Crippen LogP contribution in [-0.2, 0) is 14.3 Å². The number of rotatable bonds is 11. The first-order chi connectivity index (χ1) is 16.0. The summed E-state index contributed by atoms with van der Waals surface area (Å²) in [6, 6.07) is 14.3. The SMILES string of the molecule is CCC[C@@H](NC(=O)OCC1c2ccccc2-c2ccccc21)C(=O)N[C@@H](CCSC)C(=O)O. The predicted molar refractivity (Wildman–Crippen MR) is 129 cm³/mol. The van der Waals surface area contributed by atoms with Gasteiger partial charge in [-0.25, -0.2) is 9.59 Å². The van der Waals surface area contributed by atoms with E-state index in [9.17, 15) is 19.5 Å². The van der Waals surface area contributed by atoms with Gasteiger partial charge < -0.3 is 20.5 Å². The maximum atomic E-state index is 12.7. The fraction of sp³-hybridized carbons (Fsp3) is 0.400. The first-order valence-electron chi connectivity index (χ1n) is 11.1. The van der Waals surface area contributed by atoms with Crippen molar-refractivity contribution in [3.63, 3.8) is 0 Å². The van der Waals surface area contributed by atoms with Gasteiger partial charge in [-0.3, -0.25) is 4.79 Å². The van der Waals surface area contributed by atoms with Crippen LogP contribution in [-0.4, -0.2) is 53.8 Å². The number of ether oxygens (including phenoxy) is 1. The van der Waals surface area contributed by atoms with E-state index in [1.165, 1.54) is 11.8 Å². The molecular formula is C25H30N2O5S. The van der Waals surface area contributed by atoms with E-state index in [1.54, 1.807) is 0 Å². The highest BCUT2D eigenvalue weighted by Crippen LogP contribution is 2.44. The van der Waals surface area contributed by atoms with Crippen molar-refractivity contribution in [3.05, 3.63) is 59.7 Å². The Bertz CT molecular complexity index is 951. The van der Waals surface area contributed by atoms with Gasteiger partial charge in [0.2, 0.25) is 5.91 Å². The summed E-state index contributed by atoms with van der Waals surface area (Å²) < 4.78 is 5.53. The van der Waals surface area contributed by atoms with Crippen LogP contribution in [0.4, 0.5) is 4.79 Å². The second-order valence-corrected chi connectivity index (χ2v) is 8.98. The Kier molecular flexibility index (Phi) is 8.77. The second kappa shape index (κ2) is 11.7. The molecule has 176 valence electrons. The van der Waals surface area contributed by atoms with Crippen molar-refractivity contribution >= 4 is 29.7 Å². The Balaban J connectivity index is 1.62. The Labute approximate surface area is 198 Å². The molecule has 0 spiro atoms. The highest BCUT2D eigenvalue weighted by molar-refractivity contribution is 7.98. The fourth-order valence-electron chi connectivity index (χ4n) is 4.11. The van der Waals surface area contributed by atoms with Gasteiger partial charge in [-0.05, 0) is 47.1 Å². The maximum absolute atomic E-state index is 12.7. The Morgan fingerprint density at radius 1 is 0.970 bits per heavy atom. The van der Waals surface area contributed by atoms with Gasteiger partial charge in [-0.15, -0.1) is 0 Å². The number of benzene rings is 2. The van der Waals surface area contributed by atoms with Gasteiger partial charge in [0.15, 0.2) is 0 Å². The lowest BCUT2D eigenvalue weighted by Gasteiger charge is -2.21. The van der Waals surface area contributed by atoms with Gasteiger partial charge in [0.25, 0.3) is 0 Å². The van der Waals surface area contributed by atoms with E-state index in [0.29, 0.717) is 25.0 Å². The van der Waals surface area contributed by atoms with Crippen LogP contribution in [0.3, 0.4) is 0 Å². The normalized spacial score (nSPS) is 14.0. The summed E-state index contributed by atoms with van der Waals surface area (Å²) in [5, 5.41) is 14.5. The lowest BCUT2D eigenvalue weighted by molar-refractivity contribution is -0.142. The molecule has 0 bridgehead atoms. The van der Waals surface area contributed by atoms with Crippen LogP contribution in [0.15, 0.2) is 48.5 Å². The third-order valence-corrected chi connectivity index (χ3v) is 6.40. The molecule has 2 aromatic rings. The number of aliphatic carboxylic acids is 1. The molecule has 0 aromatic heterocycles. The molecule has 8 heteroatoms. The average molecular weight is 471 g/mol. The van der Waals surface area contributed by atoms with Gasteiger partial charge in [-0.1, -0.05) is 61.9 Å². The van der Waals surface area contributed by atoms with Crippen molar-refractivity contribution in [1.82, 2.24) is 10.6 Å². The molecule has 0 radical (unpaired) electrons. The lowest BCUT2D eigenvalue weighted by Crippen LogP contribution is -2.51. The molecule has 2 atom stereocenters. The number of thioether (sulfide) groups is 1. The number of nitrogens with one attached hydrogen (secondary N) is 2. The van der Waals surface area contributed by atoms with Crippen molar-refractivity contribution < 1.29 is 24.2 Å². The topological polar surface area (TPSA) is 105 Å². The maximum Gasteiger partial charge on any atom is 0.407 e. The number of carbonyl (C=O) groups excluding carboxylic acids is 2. The van der Waals surface area contributed by atoms with Gasteiger partial charge in [0.05, 0.1) is 0 Å². The van der Waals surface area contributed by atoms with Crippen LogP contribution in [0.5, 0.6) is 0 Å². The van der Waals surface area contributed by atoms with Gasteiger partial charge in [0.1, 0.15) is 18.7 Å². The number of hydrogen-bond donors (Lipinski definition) is 3. The number of amides is 2. The third-order valence-electron chi connectivity index (χ3n) is 5.75. The van der Waals surface area contributed by atoms with Crippen LogP contribution in [0.25, 0.3) is 11.1 Å². The number of fused-ring (bicyclic) bond motifs is 3. The fourth-order valence-corrected chi connectivity index (χ4v) is 4.58. The standard InChI is InChI=1S/C25H30N2O5S/c1-3-8-21(23(28)26-22(24(29)30)13-14-33-2)27-25(31)32-15-20-18-11-6-4-9-16(18)17-10-5-7-12-19(17)20/h4-7,9-12,20-22H,3,8,13-15H2,1-2H3,(H,26,28)(H,27,31)(H,29,30)/t21-,22+/m1/s1. The number of carbonyl (C=O) groups is 3. The zero-order chi connectivity index (χ0) is 23.8. The zero-order valence-electron chi connectivity index (χ0n) is 18.9. The first kappa shape index (κ1) is 24.6. The molecule has 0 heterocycles. The number of alkyl carbamates (subject to hydrolysis) is 1. The Morgan fingerprint density at radius 3 is 2.12 bits per heavy atom. The smallest absolute Gasteiger partial charge is 0.407 e. The molecule has 2 amide bonds. The minimum atomic E-state index is -1.09. The van der Waals surface area contributed by atoms with E-state index in [-0.39, 0.29) is 12.5 Å². The van der Waals surface area contributed by atoms with Crippen LogP contribution >= 0.6 is 11.8 Å². The summed E-state index contributed by atoms with van der Waals surface area (Å²) in [6.07, 6.45) is 2.52. The molecule has 0 aliphatic heterocycles. The second-order valence-electron chi connectivity index (χ2n) is 7.99. The van der Waals surface area contributed by atoms with Crippen molar-refractivity contribution in [2.45, 2.75) is 44.2 Å². The van der Waals surface area contributed by atoms with Crippen molar-refractivity contribution in [2.75, 3.05) is 18.6 Å². The van der Waals surface area contributed by atoms with Gasteiger partial charge in [-0.2, -0.15) is 11.8 Å². The molecule has 7 nitrogen and oxygen atoms in total. The summed E-state index contributed by atoms with van der Waals surface area (Å²) >= 11 is 1.51. The molecule has 0 fully saturated rings. The Morgan fingerprint density at radius 2 is 1.58 bits per heavy atom. The molecule has 3 rings (SSSR count). The summed E-state index contributed by atoms with van der Waals surface area (Å²) in [7, 11) is 0. The lowest BCUT2D eigenvalue weighted by atomic mass is 9.98. The highest BCUT2D eigenvalue weighted by Gasteiger charge is 2.30. The summed E-state index contributed by atoms with van der Waals surface area (Å²) in [5.74, 6) is -1.08. The number of carboxylic acid groups (broad SMARTS) is 1. The van der Waals surface area contributed by atoms with Crippen molar-refractivity contribution in [1.29, 1.82) is 0 Å².